The molecule has 2 aromatic carbocycles. The molecule has 0 bridgehead atoms. The molecule has 0 radical (unpaired) electrons. The van der Waals surface area contributed by atoms with Crippen LogP contribution in [0.5, 0.6) is 0 Å². The molecule has 0 aromatic heterocycles. The molecular weight excluding hydrogens is 435 g/mol. The molecule has 0 heterocycles. The van der Waals surface area contributed by atoms with Crippen molar-refractivity contribution in [2.45, 2.75) is 12.5 Å². The van der Waals surface area contributed by atoms with E-state index in [1.54, 1.807) is 18.2 Å². The molecule has 0 saturated heterocycles. The monoisotopic (exact) mass is 452 g/mol. The first-order valence-corrected chi connectivity index (χ1v) is 8.51. The summed E-state index contributed by atoms with van der Waals surface area (Å²) in [7, 11) is 1.26. The molecule has 0 spiro atoms. The molecule has 3 N–H and O–H groups in total. The first-order valence-electron chi connectivity index (χ1n) is 7.43. The first kappa shape index (κ1) is 18.9. The number of esters is 1. The van der Waals surface area contributed by atoms with Gasteiger partial charge in [-0.3, -0.25) is 9.59 Å². The summed E-state index contributed by atoms with van der Waals surface area (Å²) in [6.07, 6.45) is 0.286. The standard InChI is InChI=1S/C18H17IN2O4/c1-25-18(24)13-6-3-5-12(10-13)17(23)21-15(16(20)22)9-11-4-2-7-14(19)8-11/h2-8,10,15H,9H2,1H3,(H2,20,22)(H,21,23)/t15-/m0/s1. The van der Waals surface area contributed by atoms with Crippen molar-refractivity contribution >= 4 is 40.4 Å². The Balaban J connectivity index is 2.15. The van der Waals surface area contributed by atoms with Gasteiger partial charge in [-0.25, -0.2) is 4.79 Å². The smallest absolute Gasteiger partial charge is 0.337 e. The maximum Gasteiger partial charge on any atom is 0.337 e. The predicted octanol–water partition coefficient (Wildman–Crippen LogP) is 1.90. The summed E-state index contributed by atoms with van der Waals surface area (Å²) >= 11 is 2.17. The summed E-state index contributed by atoms with van der Waals surface area (Å²) in [6.45, 7) is 0. The predicted molar refractivity (Wildman–Crippen MR) is 101 cm³/mol. The van der Waals surface area contributed by atoms with Crippen LogP contribution in [0.4, 0.5) is 0 Å². The number of nitrogens with one attached hydrogen (secondary N) is 1. The number of primary amides is 1. The third kappa shape index (κ3) is 5.28. The average molecular weight is 452 g/mol. The van der Waals surface area contributed by atoms with E-state index in [2.05, 4.69) is 32.6 Å². The number of hydrogen-bond donors (Lipinski definition) is 2. The highest BCUT2D eigenvalue weighted by molar-refractivity contribution is 14.1. The van der Waals surface area contributed by atoms with Crippen molar-refractivity contribution in [1.29, 1.82) is 0 Å². The van der Waals surface area contributed by atoms with Crippen molar-refractivity contribution in [3.05, 3.63) is 68.8 Å². The zero-order valence-corrected chi connectivity index (χ0v) is 15.6. The zero-order valence-electron chi connectivity index (χ0n) is 13.5. The maximum atomic E-state index is 12.4. The molecule has 2 rings (SSSR count). The van der Waals surface area contributed by atoms with E-state index in [1.165, 1.54) is 13.2 Å². The molecule has 0 aliphatic heterocycles. The second kappa shape index (κ2) is 8.61. The van der Waals surface area contributed by atoms with E-state index in [0.29, 0.717) is 0 Å². The molecule has 130 valence electrons. The van der Waals surface area contributed by atoms with Gasteiger partial charge in [0.25, 0.3) is 5.91 Å². The molecule has 6 nitrogen and oxygen atoms in total. The number of benzene rings is 2. The van der Waals surface area contributed by atoms with Gasteiger partial charge in [-0.2, -0.15) is 0 Å². The summed E-state index contributed by atoms with van der Waals surface area (Å²) in [5, 5.41) is 2.62. The Bertz CT molecular complexity index is 807. The van der Waals surface area contributed by atoms with E-state index in [4.69, 9.17) is 5.73 Å². The SMILES string of the molecule is COC(=O)c1cccc(C(=O)N[C@@H](Cc2cccc(I)c2)C(N)=O)c1. The van der Waals surface area contributed by atoms with Crippen LogP contribution in [0.2, 0.25) is 0 Å². The van der Waals surface area contributed by atoms with E-state index < -0.39 is 23.8 Å². The number of halogens is 1. The van der Waals surface area contributed by atoms with Gasteiger partial charge in [0.2, 0.25) is 5.91 Å². The van der Waals surface area contributed by atoms with Crippen LogP contribution in [0, 0.1) is 3.57 Å². The maximum absolute atomic E-state index is 12.4. The van der Waals surface area contributed by atoms with Crippen molar-refractivity contribution in [2.75, 3.05) is 7.11 Å². The lowest BCUT2D eigenvalue weighted by atomic mass is 10.0. The van der Waals surface area contributed by atoms with Crippen LogP contribution in [0.1, 0.15) is 26.3 Å². The van der Waals surface area contributed by atoms with Gasteiger partial charge >= 0.3 is 5.97 Å². The minimum atomic E-state index is -0.854. The summed E-state index contributed by atoms with van der Waals surface area (Å²) in [5.41, 5.74) is 6.81. The highest BCUT2D eigenvalue weighted by atomic mass is 127. The Labute approximate surface area is 158 Å². The molecular formula is C18H17IN2O4. The van der Waals surface area contributed by atoms with Crippen LogP contribution in [-0.4, -0.2) is 30.9 Å². The highest BCUT2D eigenvalue weighted by Gasteiger charge is 2.20. The van der Waals surface area contributed by atoms with E-state index in [1.807, 2.05) is 24.3 Å². The minimum Gasteiger partial charge on any atom is -0.465 e. The van der Waals surface area contributed by atoms with Crippen molar-refractivity contribution in [3.8, 4) is 0 Å². The van der Waals surface area contributed by atoms with E-state index in [9.17, 15) is 14.4 Å². The molecule has 2 amide bonds. The second-order valence-electron chi connectivity index (χ2n) is 5.33. The number of nitrogens with two attached hydrogens (primary N) is 1. The fourth-order valence-corrected chi connectivity index (χ4v) is 2.88. The Kier molecular flexibility index (Phi) is 6.51. The number of rotatable bonds is 6. The quantitative estimate of drug-likeness (QED) is 0.517. The molecule has 1 atom stereocenters. The Morgan fingerprint density at radius 2 is 1.80 bits per heavy atom. The topological polar surface area (TPSA) is 98.5 Å². The van der Waals surface area contributed by atoms with Gasteiger partial charge in [-0.1, -0.05) is 18.2 Å². The molecule has 0 aliphatic carbocycles. The fraction of sp³-hybridized carbons (Fsp3) is 0.167. The van der Waals surface area contributed by atoms with Crippen molar-refractivity contribution in [1.82, 2.24) is 5.32 Å². The van der Waals surface area contributed by atoms with Gasteiger partial charge in [0.15, 0.2) is 0 Å². The first-order chi connectivity index (χ1) is 11.9. The highest BCUT2D eigenvalue weighted by Crippen LogP contribution is 2.11. The van der Waals surface area contributed by atoms with Gasteiger partial charge in [0, 0.05) is 15.6 Å². The largest absolute Gasteiger partial charge is 0.465 e. The lowest BCUT2D eigenvalue weighted by molar-refractivity contribution is -0.119. The molecule has 25 heavy (non-hydrogen) atoms. The van der Waals surface area contributed by atoms with Crippen LogP contribution in [-0.2, 0) is 16.0 Å². The van der Waals surface area contributed by atoms with Gasteiger partial charge in [-0.05, 0) is 58.5 Å². The van der Waals surface area contributed by atoms with Crippen LogP contribution in [0.15, 0.2) is 48.5 Å². The number of carbonyl (C=O) groups excluding carboxylic acids is 3. The summed E-state index contributed by atoms with van der Waals surface area (Å²) in [4.78, 5) is 35.7. The van der Waals surface area contributed by atoms with Crippen LogP contribution in [0.3, 0.4) is 0 Å². The Hall–Kier alpha value is -2.42. The van der Waals surface area contributed by atoms with E-state index >= 15 is 0 Å². The number of ether oxygens (including phenoxy) is 1. The number of methoxy groups -OCH3 is 1. The normalized spacial score (nSPS) is 11.4. The Morgan fingerprint density at radius 1 is 1.12 bits per heavy atom. The molecule has 0 unspecified atom stereocenters. The second-order valence-corrected chi connectivity index (χ2v) is 6.58. The lowest BCUT2D eigenvalue weighted by Crippen LogP contribution is -2.45. The zero-order chi connectivity index (χ0) is 18.4. The van der Waals surface area contributed by atoms with Gasteiger partial charge in [0.1, 0.15) is 6.04 Å². The molecule has 7 heteroatoms. The fourth-order valence-electron chi connectivity index (χ4n) is 2.27. The molecule has 0 saturated carbocycles. The Morgan fingerprint density at radius 3 is 2.44 bits per heavy atom. The lowest BCUT2D eigenvalue weighted by Gasteiger charge is -2.16. The number of hydrogen-bond acceptors (Lipinski definition) is 4. The number of amides is 2. The summed E-state index contributed by atoms with van der Waals surface area (Å²) < 4.78 is 5.66. The third-order valence-electron chi connectivity index (χ3n) is 3.52. The van der Waals surface area contributed by atoms with Crippen LogP contribution >= 0.6 is 22.6 Å². The van der Waals surface area contributed by atoms with Crippen molar-refractivity contribution < 1.29 is 19.1 Å². The van der Waals surface area contributed by atoms with E-state index in [-0.39, 0.29) is 17.5 Å². The van der Waals surface area contributed by atoms with Gasteiger partial charge in [-0.15, -0.1) is 0 Å². The van der Waals surface area contributed by atoms with Gasteiger partial charge in [0.05, 0.1) is 12.7 Å². The average Bonchev–Trinajstić information content (AvgIpc) is 2.60. The van der Waals surface area contributed by atoms with Crippen LogP contribution in [0.25, 0.3) is 0 Å². The molecule has 0 fully saturated rings. The summed E-state index contributed by atoms with van der Waals surface area (Å²) in [5.74, 6) is -1.66. The molecule has 0 aliphatic rings. The van der Waals surface area contributed by atoms with Crippen molar-refractivity contribution in [2.24, 2.45) is 5.73 Å². The van der Waals surface area contributed by atoms with Gasteiger partial charge < -0.3 is 15.8 Å². The van der Waals surface area contributed by atoms with E-state index in [0.717, 1.165) is 9.13 Å². The number of carbonyl (C=O) groups is 3. The van der Waals surface area contributed by atoms with Crippen LogP contribution < -0.4 is 11.1 Å². The summed E-state index contributed by atoms with van der Waals surface area (Å²) in [6, 6.07) is 12.8. The molecule has 2 aromatic rings. The van der Waals surface area contributed by atoms with Crippen molar-refractivity contribution in [3.63, 3.8) is 0 Å². The third-order valence-corrected chi connectivity index (χ3v) is 4.19. The minimum absolute atomic E-state index is 0.247.